The molecule has 2 heterocycles. The summed E-state index contributed by atoms with van der Waals surface area (Å²) in [5.41, 5.74) is -0.461. The van der Waals surface area contributed by atoms with Gasteiger partial charge >= 0.3 is 0 Å². The van der Waals surface area contributed by atoms with Crippen molar-refractivity contribution in [3.8, 4) is 0 Å². The molecule has 7 nitrogen and oxygen atoms in total. The van der Waals surface area contributed by atoms with Gasteiger partial charge in [0.15, 0.2) is 0 Å². The Labute approximate surface area is 114 Å². The highest BCUT2D eigenvalue weighted by Crippen LogP contribution is 2.21. The van der Waals surface area contributed by atoms with Gasteiger partial charge < -0.3 is 10.1 Å². The number of carbonyl (C=O) groups excluding carboxylic acids is 1. The highest BCUT2D eigenvalue weighted by atomic mass is 35.5. The van der Waals surface area contributed by atoms with Crippen molar-refractivity contribution >= 4 is 23.2 Å². The molecular formula is C11H12ClN3O4. The Morgan fingerprint density at radius 1 is 1.68 bits per heavy atom. The first-order valence-electron chi connectivity index (χ1n) is 5.71. The summed E-state index contributed by atoms with van der Waals surface area (Å²) < 4.78 is 5.32. The van der Waals surface area contributed by atoms with Gasteiger partial charge in [0.1, 0.15) is 16.9 Å². The van der Waals surface area contributed by atoms with Crippen LogP contribution in [0.25, 0.3) is 0 Å². The van der Waals surface area contributed by atoms with Gasteiger partial charge in [-0.3, -0.25) is 14.9 Å². The first kappa shape index (κ1) is 13.7. The lowest BCUT2D eigenvalue weighted by molar-refractivity contribution is -0.385. The predicted molar refractivity (Wildman–Crippen MR) is 67.2 cm³/mol. The van der Waals surface area contributed by atoms with Crippen molar-refractivity contribution < 1.29 is 14.5 Å². The average molecular weight is 286 g/mol. The molecule has 1 N–H and O–H groups in total. The quantitative estimate of drug-likeness (QED) is 0.516. The monoisotopic (exact) mass is 285 g/mol. The Bertz CT molecular complexity index is 523. The van der Waals surface area contributed by atoms with Crippen LogP contribution in [0.2, 0.25) is 5.15 Å². The number of hydrogen-bond donors (Lipinski definition) is 1. The van der Waals surface area contributed by atoms with Crippen LogP contribution in [0.5, 0.6) is 0 Å². The lowest BCUT2D eigenvalue weighted by Crippen LogP contribution is -2.39. The van der Waals surface area contributed by atoms with Crippen molar-refractivity contribution in [3.05, 3.63) is 33.1 Å². The molecule has 1 aromatic rings. The van der Waals surface area contributed by atoms with Gasteiger partial charge in [-0.05, 0) is 19.4 Å². The summed E-state index contributed by atoms with van der Waals surface area (Å²) in [6.07, 6.45) is 1.55. The van der Waals surface area contributed by atoms with E-state index in [2.05, 4.69) is 10.3 Å². The number of rotatable bonds is 3. The van der Waals surface area contributed by atoms with E-state index in [1.54, 1.807) is 0 Å². The number of ether oxygens (including phenoxy) is 1. The summed E-state index contributed by atoms with van der Waals surface area (Å²) in [5.74, 6) is -0.543. The van der Waals surface area contributed by atoms with E-state index in [-0.39, 0.29) is 28.5 Å². The van der Waals surface area contributed by atoms with E-state index in [1.165, 1.54) is 6.07 Å². The van der Waals surface area contributed by atoms with E-state index in [0.717, 1.165) is 6.20 Å². The van der Waals surface area contributed by atoms with Crippen LogP contribution in [0.1, 0.15) is 23.7 Å². The van der Waals surface area contributed by atoms with E-state index in [1.807, 2.05) is 6.92 Å². The van der Waals surface area contributed by atoms with E-state index in [4.69, 9.17) is 16.3 Å². The number of hydrogen-bond acceptors (Lipinski definition) is 5. The van der Waals surface area contributed by atoms with Gasteiger partial charge in [-0.2, -0.15) is 0 Å². The molecule has 0 bridgehead atoms. The van der Waals surface area contributed by atoms with Crippen LogP contribution in [-0.4, -0.2) is 34.6 Å². The average Bonchev–Trinajstić information content (AvgIpc) is 2.74. The standard InChI is InChI=1S/C11H12ClN3O4/c1-6-8(2-3-19-6)14-11(16)7-4-10(12)13-5-9(7)15(17)18/h4-6,8H,2-3H2,1H3,(H,14,16). The van der Waals surface area contributed by atoms with Gasteiger partial charge in [-0.25, -0.2) is 4.98 Å². The number of nitrogens with one attached hydrogen (secondary N) is 1. The topological polar surface area (TPSA) is 94.4 Å². The summed E-state index contributed by atoms with van der Waals surface area (Å²) in [4.78, 5) is 25.9. The summed E-state index contributed by atoms with van der Waals surface area (Å²) in [6, 6.07) is 1.04. The van der Waals surface area contributed by atoms with E-state index in [9.17, 15) is 14.9 Å². The second-order valence-corrected chi connectivity index (χ2v) is 4.61. The van der Waals surface area contributed by atoms with Gasteiger partial charge in [0, 0.05) is 6.61 Å². The van der Waals surface area contributed by atoms with Gasteiger partial charge in [0.25, 0.3) is 11.6 Å². The summed E-state index contributed by atoms with van der Waals surface area (Å²) >= 11 is 5.67. The molecule has 1 aliphatic rings. The van der Waals surface area contributed by atoms with Crippen molar-refractivity contribution in [1.29, 1.82) is 0 Å². The third-order valence-electron chi connectivity index (χ3n) is 2.98. The van der Waals surface area contributed by atoms with Crippen LogP contribution >= 0.6 is 11.6 Å². The lowest BCUT2D eigenvalue weighted by Gasteiger charge is -2.15. The Kier molecular flexibility index (Phi) is 3.96. The minimum atomic E-state index is -0.660. The first-order chi connectivity index (χ1) is 8.99. The van der Waals surface area contributed by atoms with Crippen molar-refractivity contribution in [1.82, 2.24) is 10.3 Å². The Morgan fingerprint density at radius 3 is 3.00 bits per heavy atom. The van der Waals surface area contributed by atoms with E-state index in [0.29, 0.717) is 13.0 Å². The van der Waals surface area contributed by atoms with Gasteiger partial charge in [0.2, 0.25) is 0 Å². The zero-order valence-electron chi connectivity index (χ0n) is 10.1. The van der Waals surface area contributed by atoms with Crippen molar-refractivity contribution in [2.45, 2.75) is 25.5 Å². The minimum absolute atomic E-state index is 0.0338. The number of nitro groups is 1. The molecule has 1 fully saturated rings. The van der Waals surface area contributed by atoms with Crippen LogP contribution in [-0.2, 0) is 4.74 Å². The maximum absolute atomic E-state index is 12.1. The maximum Gasteiger partial charge on any atom is 0.300 e. The molecule has 1 saturated heterocycles. The third kappa shape index (κ3) is 2.99. The molecule has 0 aliphatic carbocycles. The van der Waals surface area contributed by atoms with Crippen LogP contribution in [0.15, 0.2) is 12.3 Å². The van der Waals surface area contributed by atoms with Crippen LogP contribution in [0.3, 0.4) is 0 Å². The fourth-order valence-corrected chi connectivity index (χ4v) is 2.08. The number of aromatic nitrogens is 1. The highest BCUT2D eigenvalue weighted by molar-refractivity contribution is 6.29. The SMILES string of the molecule is CC1OCCC1NC(=O)c1cc(Cl)ncc1[N+](=O)[O-]. The van der Waals surface area contributed by atoms with Gasteiger partial charge in [-0.1, -0.05) is 11.6 Å². The molecule has 2 unspecified atom stereocenters. The van der Waals surface area contributed by atoms with E-state index < -0.39 is 10.8 Å². The van der Waals surface area contributed by atoms with Crippen LogP contribution in [0.4, 0.5) is 5.69 Å². The van der Waals surface area contributed by atoms with Crippen molar-refractivity contribution in [2.24, 2.45) is 0 Å². The molecule has 0 radical (unpaired) electrons. The molecule has 1 aromatic heterocycles. The van der Waals surface area contributed by atoms with Crippen LogP contribution < -0.4 is 5.32 Å². The number of halogens is 1. The zero-order chi connectivity index (χ0) is 14.0. The largest absolute Gasteiger partial charge is 0.376 e. The predicted octanol–water partition coefficient (Wildman–Crippen LogP) is 1.55. The molecule has 0 saturated carbocycles. The Hall–Kier alpha value is -1.73. The summed E-state index contributed by atoms with van der Waals surface area (Å²) in [5, 5.41) is 13.6. The lowest BCUT2D eigenvalue weighted by atomic mass is 10.1. The van der Waals surface area contributed by atoms with Crippen molar-refractivity contribution in [3.63, 3.8) is 0 Å². The summed E-state index contributed by atoms with van der Waals surface area (Å²) in [6.45, 7) is 2.40. The normalized spacial score (nSPS) is 22.2. The first-order valence-corrected chi connectivity index (χ1v) is 6.09. The van der Waals surface area contributed by atoms with Gasteiger partial charge in [0.05, 0.1) is 17.1 Å². The molecule has 8 heteroatoms. The van der Waals surface area contributed by atoms with Gasteiger partial charge in [-0.15, -0.1) is 0 Å². The highest BCUT2D eigenvalue weighted by Gasteiger charge is 2.29. The number of carbonyl (C=O) groups is 1. The third-order valence-corrected chi connectivity index (χ3v) is 3.19. The van der Waals surface area contributed by atoms with E-state index >= 15 is 0 Å². The van der Waals surface area contributed by atoms with Crippen molar-refractivity contribution in [2.75, 3.05) is 6.61 Å². The minimum Gasteiger partial charge on any atom is -0.376 e. The molecule has 19 heavy (non-hydrogen) atoms. The summed E-state index contributed by atoms with van der Waals surface area (Å²) in [7, 11) is 0. The Balaban J connectivity index is 2.22. The molecule has 2 rings (SSSR count). The molecule has 0 spiro atoms. The second kappa shape index (κ2) is 5.50. The molecule has 1 amide bonds. The molecular weight excluding hydrogens is 274 g/mol. The molecule has 1 aliphatic heterocycles. The zero-order valence-corrected chi connectivity index (χ0v) is 10.9. The Morgan fingerprint density at radius 2 is 2.42 bits per heavy atom. The number of amides is 1. The van der Waals surface area contributed by atoms with Crippen LogP contribution in [0, 0.1) is 10.1 Å². The maximum atomic E-state index is 12.1. The molecule has 102 valence electrons. The fourth-order valence-electron chi connectivity index (χ4n) is 1.92. The number of nitrogens with zero attached hydrogens (tertiary/aromatic N) is 2. The molecule has 0 aromatic carbocycles. The molecule has 2 atom stereocenters. The second-order valence-electron chi connectivity index (χ2n) is 4.23. The smallest absolute Gasteiger partial charge is 0.300 e. The fraction of sp³-hybridized carbons (Fsp3) is 0.455. The number of pyridine rings is 1.